The summed E-state index contributed by atoms with van der Waals surface area (Å²) >= 11 is 0. The van der Waals surface area contributed by atoms with E-state index >= 15 is 0 Å². The Balaban J connectivity index is 1.28. The van der Waals surface area contributed by atoms with Crippen LogP contribution in [0, 0.1) is 11.8 Å². The number of hydrogen-bond donors (Lipinski definition) is 4. The number of anilines is 2. The van der Waals surface area contributed by atoms with Gasteiger partial charge < -0.3 is 20.7 Å². The predicted octanol–water partition coefficient (Wildman–Crippen LogP) is 5.06. The zero-order valence-electron chi connectivity index (χ0n) is 20.7. The molecule has 1 atom stereocenters. The Morgan fingerprint density at radius 3 is 2.27 bits per heavy atom. The number of halogens is 6. The average Bonchev–Trinajstić information content (AvgIpc) is 3.60. The second-order valence-electron chi connectivity index (χ2n) is 9.10. The first-order chi connectivity index (χ1) is 18.9. The highest BCUT2D eigenvalue weighted by molar-refractivity contribution is 6.41. The second kappa shape index (κ2) is 11.8. The minimum absolute atomic E-state index is 0.133. The monoisotopic (exact) mass is 570 g/mol. The molecule has 0 bridgehead atoms. The molecule has 4 N–H and O–H groups in total. The van der Waals surface area contributed by atoms with Gasteiger partial charge in [-0.2, -0.15) is 13.2 Å². The van der Waals surface area contributed by atoms with Gasteiger partial charge in [0.15, 0.2) is 0 Å². The molecule has 1 aromatic heterocycles. The molecule has 0 unspecified atom stereocenters. The zero-order chi connectivity index (χ0) is 28.9. The molecule has 0 saturated heterocycles. The van der Waals surface area contributed by atoms with Crippen molar-refractivity contribution in [2.45, 2.75) is 31.8 Å². The van der Waals surface area contributed by atoms with Gasteiger partial charge >= 0.3 is 18.6 Å². The molecule has 214 valence electrons. The fourth-order valence-corrected chi connectivity index (χ4v) is 3.84. The lowest BCUT2D eigenvalue weighted by molar-refractivity contribution is -0.274. The number of carbonyl (C=O) groups excluding carboxylic acids is 2. The van der Waals surface area contributed by atoms with Crippen LogP contribution >= 0.6 is 0 Å². The lowest BCUT2D eigenvalue weighted by Crippen LogP contribution is -2.37. The van der Waals surface area contributed by atoms with Crippen LogP contribution in [0.25, 0.3) is 0 Å². The second-order valence-corrected chi connectivity index (χ2v) is 9.10. The Bertz CT molecular complexity index is 1270. The number of aromatic nitrogens is 1. The molecule has 2 aliphatic rings. The highest BCUT2D eigenvalue weighted by Gasteiger charge is 2.34. The number of carbonyl (C=O) groups is 2. The summed E-state index contributed by atoms with van der Waals surface area (Å²) in [6, 6.07) is 5.94. The first-order valence-corrected chi connectivity index (χ1v) is 12.2. The number of urea groups is 1. The third-order valence-corrected chi connectivity index (χ3v) is 5.86. The Morgan fingerprint density at radius 2 is 1.68 bits per heavy atom. The Labute approximate surface area is 224 Å². The maximum absolute atomic E-state index is 12.8. The van der Waals surface area contributed by atoms with Gasteiger partial charge in [0, 0.05) is 30.9 Å². The van der Waals surface area contributed by atoms with Crippen LogP contribution in [0.2, 0.25) is 0 Å². The molecule has 9 nitrogen and oxygen atoms in total. The minimum Gasteiger partial charge on any atom is -0.406 e. The Hall–Kier alpha value is -4.30. The van der Waals surface area contributed by atoms with Crippen molar-refractivity contribution in [3.63, 3.8) is 0 Å². The van der Waals surface area contributed by atoms with E-state index in [4.69, 9.17) is 0 Å². The van der Waals surface area contributed by atoms with E-state index < -0.39 is 35.8 Å². The summed E-state index contributed by atoms with van der Waals surface area (Å²) in [4.78, 5) is 33.2. The first kappa shape index (κ1) is 28.7. The minimum atomic E-state index is -4.83. The molecule has 1 aromatic carbocycles. The number of pyridine rings is 1. The fourth-order valence-electron chi connectivity index (χ4n) is 3.84. The molecule has 4 rings (SSSR count). The van der Waals surface area contributed by atoms with Crippen LogP contribution in [0.4, 0.5) is 42.6 Å². The molecule has 1 saturated carbocycles. The molecule has 3 amide bonds. The third-order valence-electron chi connectivity index (χ3n) is 5.86. The van der Waals surface area contributed by atoms with Crippen molar-refractivity contribution in [1.82, 2.24) is 15.6 Å². The normalized spacial score (nSPS) is 17.0. The van der Waals surface area contributed by atoms with Crippen molar-refractivity contribution in [3.8, 4) is 5.75 Å². The van der Waals surface area contributed by atoms with Crippen LogP contribution in [-0.4, -0.2) is 42.1 Å². The van der Waals surface area contributed by atoms with Gasteiger partial charge in [0.1, 0.15) is 23.1 Å². The predicted molar refractivity (Wildman–Crippen MR) is 132 cm³/mol. The Morgan fingerprint density at radius 1 is 0.950 bits per heavy atom. The number of alkyl halides is 6. The first-order valence-electron chi connectivity index (χ1n) is 12.2. The summed E-state index contributed by atoms with van der Waals surface area (Å²) in [6.07, 6.45) is -4.21. The highest BCUT2D eigenvalue weighted by Crippen LogP contribution is 2.37. The van der Waals surface area contributed by atoms with Crippen molar-refractivity contribution in [2.24, 2.45) is 16.8 Å². The van der Waals surface area contributed by atoms with E-state index in [1.807, 2.05) is 0 Å². The molecule has 0 radical (unpaired) electrons. The number of hydrogen-bond acceptors (Lipinski definition) is 6. The maximum Gasteiger partial charge on any atom is 0.573 e. The van der Waals surface area contributed by atoms with Gasteiger partial charge in [-0.15, -0.1) is 13.2 Å². The molecule has 1 aliphatic heterocycles. The van der Waals surface area contributed by atoms with Crippen molar-refractivity contribution in [3.05, 3.63) is 60.1 Å². The Kier molecular flexibility index (Phi) is 8.49. The topological polar surface area (TPSA) is 117 Å². The van der Waals surface area contributed by atoms with E-state index in [0.29, 0.717) is 18.5 Å². The van der Waals surface area contributed by atoms with E-state index in [1.54, 1.807) is 6.08 Å². The van der Waals surface area contributed by atoms with E-state index in [0.717, 1.165) is 31.0 Å². The fraction of sp³-hybridized carbons (Fsp3) is 0.360. The summed E-state index contributed by atoms with van der Waals surface area (Å²) in [5.41, 5.74) is -0.452. The number of allylic oxidation sites excluding steroid dienone is 1. The molecule has 2 heterocycles. The number of ether oxygens (including phenoxy) is 1. The lowest BCUT2D eigenvalue weighted by atomic mass is 9.97. The van der Waals surface area contributed by atoms with E-state index in [2.05, 4.69) is 36.0 Å². The third kappa shape index (κ3) is 8.61. The van der Waals surface area contributed by atoms with Crippen molar-refractivity contribution < 1.29 is 40.7 Å². The van der Waals surface area contributed by atoms with Gasteiger partial charge in [0.05, 0.1) is 5.56 Å². The summed E-state index contributed by atoms with van der Waals surface area (Å²) in [6.45, 7) is 0.326. The summed E-state index contributed by atoms with van der Waals surface area (Å²) in [7, 11) is 0. The number of benzene rings is 1. The van der Waals surface area contributed by atoms with Crippen LogP contribution in [0.1, 0.15) is 24.8 Å². The molecular formula is C25H24F6N6O3. The summed E-state index contributed by atoms with van der Waals surface area (Å²) in [5, 5.41) is 10.5. The molecule has 15 heteroatoms. The van der Waals surface area contributed by atoms with Crippen LogP contribution in [0.15, 0.2) is 59.5 Å². The number of amides is 3. The standard InChI is InChI=1S/C25H24F6N6O3/c26-24(27,28)16-3-8-19(34-13-16)32-9-10-33-22(38)21-15(11-14-1-2-14)12-20(36-21)37-23(39)35-17-4-6-18(7-5-17)40-25(29,30)31/h3-8,12-15H,1-2,9-11H2,(H,32,34)(H,33,38)(H2,35,37,39)/t15-/m1/s1. The molecule has 40 heavy (non-hydrogen) atoms. The summed E-state index contributed by atoms with van der Waals surface area (Å²) < 4.78 is 78.6. The highest BCUT2D eigenvalue weighted by atomic mass is 19.4. The summed E-state index contributed by atoms with van der Waals surface area (Å²) in [5.74, 6) is -0.415. The van der Waals surface area contributed by atoms with Crippen LogP contribution in [0.5, 0.6) is 5.75 Å². The van der Waals surface area contributed by atoms with Crippen molar-refractivity contribution in [1.29, 1.82) is 0 Å². The van der Waals surface area contributed by atoms with Gasteiger partial charge in [0.2, 0.25) is 0 Å². The van der Waals surface area contributed by atoms with Crippen molar-refractivity contribution in [2.75, 3.05) is 23.7 Å². The van der Waals surface area contributed by atoms with Crippen molar-refractivity contribution >= 4 is 29.2 Å². The lowest BCUT2D eigenvalue weighted by Gasteiger charge is -2.12. The number of nitrogens with one attached hydrogen (secondary N) is 4. The zero-order valence-corrected chi connectivity index (χ0v) is 20.7. The van der Waals surface area contributed by atoms with Crippen LogP contribution < -0.4 is 26.0 Å². The maximum atomic E-state index is 12.8. The van der Waals surface area contributed by atoms with Crippen LogP contribution in [0.3, 0.4) is 0 Å². The van der Waals surface area contributed by atoms with Gasteiger partial charge in [-0.3, -0.25) is 10.1 Å². The largest absolute Gasteiger partial charge is 0.573 e. The number of rotatable bonds is 10. The van der Waals surface area contributed by atoms with Gasteiger partial charge in [-0.25, -0.2) is 14.8 Å². The number of nitrogens with zero attached hydrogens (tertiary/aromatic N) is 2. The van der Waals surface area contributed by atoms with E-state index in [-0.39, 0.29) is 42.0 Å². The smallest absolute Gasteiger partial charge is 0.406 e. The SMILES string of the molecule is O=C(NC1=C[C@@H](CC2CC2)C(C(=O)NCCNc2ccc(C(F)(F)F)cn2)=N1)Nc1ccc(OC(F)(F)F)cc1. The molecule has 0 spiro atoms. The molecular weight excluding hydrogens is 546 g/mol. The molecule has 1 aliphatic carbocycles. The van der Waals surface area contributed by atoms with Gasteiger partial charge in [0.25, 0.3) is 5.91 Å². The number of aliphatic imine (C=N–C) groups is 1. The van der Waals surface area contributed by atoms with E-state index in [9.17, 15) is 35.9 Å². The van der Waals surface area contributed by atoms with Gasteiger partial charge in [-0.1, -0.05) is 12.8 Å². The van der Waals surface area contributed by atoms with Crippen LogP contribution in [-0.2, 0) is 11.0 Å². The average molecular weight is 570 g/mol. The molecule has 1 fully saturated rings. The quantitative estimate of drug-likeness (QED) is 0.235. The van der Waals surface area contributed by atoms with E-state index in [1.165, 1.54) is 18.2 Å². The molecule has 2 aromatic rings. The van der Waals surface area contributed by atoms with Gasteiger partial charge in [-0.05, 0) is 54.8 Å².